The monoisotopic (exact) mass is 410 g/mol. The fourth-order valence-electron chi connectivity index (χ4n) is 3.11. The summed E-state index contributed by atoms with van der Waals surface area (Å²) in [5.41, 5.74) is 1.98. The third-order valence-electron chi connectivity index (χ3n) is 4.58. The molecule has 0 fully saturated rings. The maximum absolute atomic E-state index is 13.3. The van der Waals surface area contributed by atoms with Crippen LogP contribution >= 0.6 is 11.3 Å². The molecule has 0 radical (unpaired) electrons. The van der Waals surface area contributed by atoms with Crippen LogP contribution in [-0.4, -0.2) is 23.3 Å². The van der Waals surface area contributed by atoms with E-state index in [0.717, 1.165) is 24.2 Å². The molecule has 0 amide bonds. The van der Waals surface area contributed by atoms with Gasteiger partial charge in [0.2, 0.25) is 5.13 Å². The molecule has 8 heteroatoms. The third-order valence-corrected chi connectivity index (χ3v) is 5.45. The highest BCUT2D eigenvalue weighted by Crippen LogP contribution is 2.29. The molecule has 0 unspecified atom stereocenters. The first-order valence-corrected chi connectivity index (χ1v) is 10.1. The zero-order chi connectivity index (χ0) is 20.4. The van der Waals surface area contributed by atoms with Gasteiger partial charge in [-0.05, 0) is 50.2 Å². The van der Waals surface area contributed by atoms with Gasteiger partial charge in [-0.3, -0.25) is 0 Å². The Hall–Kier alpha value is -3.26. The number of benzene rings is 2. The minimum atomic E-state index is -0.470. The summed E-state index contributed by atoms with van der Waals surface area (Å²) >= 11 is 1.20. The number of nitrogens with one attached hydrogen (secondary N) is 1. The van der Waals surface area contributed by atoms with Crippen molar-refractivity contribution < 1.29 is 8.81 Å². The molecule has 1 N–H and O–H groups in total. The molecule has 0 aliphatic rings. The van der Waals surface area contributed by atoms with Crippen molar-refractivity contribution >= 4 is 38.8 Å². The van der Waals surface area contributed by atoms with Crippen molar-refractivity contribution in [2.75, 3.05) is 23.3 Å². The number of rotatable bonds is 6. The minimum Gasteiger partial charge on any atom is -0.422 e. The summed E-state index contributed by atoms with van der Waals surface area (Å²) in [6.07, 6.45) is 0. The Balaban J connectivity index is 1.66. The van der Waals surface area contributed by atoms with Crippen LogP contribution in [0.25, 0.3) is 21.5 Å². The van der Waals surface area contributed by atoms with E-state index in [9.17, 15) is 9.18 Å². The van der Waals surface area contributed by atoms with Crippen molar-refractivity contribution in [1.82, 2.24) is 10.2 Å². The van der Waals surface area contributed by atoms with Gasteiger partial charge in [0.15, 0.2) is 5.01 Å². The molecule has 6 nitrogen and oxygen atoms in total. The van der Waals surface area contributed by atoms with E-state index in [1.165, 1.54) is 23.5 Å². The molecule has 0 aliphatic carbocycles. The van der Waals surface area contributed by atoms with E-state index < -0.39 is 5.63 Å². The molecular weight excluding hydrogens is 391 g/mol. The number of fused-ring (bicyclic) bond motifs is 1. The van der Waals surface area contributed by atoms with Crippen molar-refractivity contribution in [3.8, 4) is 10.6 Å². The lowest BCUT2D eigenvalue weighted by atomic mass is 10.1. The van der Waals surface area contributed by atoms with Gasteiger partial charge in [-0.25, -0.2) is 9.18 Å². The van der Waals surface area contributed by atoms with Gasteiger partial charge in [-0.1, -0.05) is 17.4 Å². The minimum absolute atomic E-state index is 0.345. The standard InChI is InChI=1S/C21H19FN4O2S/c1-3-26(4-2)16-9-8-13-10-17(20(27)28-18(13)12-16)19-24-25-21(29-19)23-15-7-5-6-14(22)11-15/h5-12H,3-4H2,1-2H3,(H,23,25). The van der Waals surface area contributed by atoms with Crippen LogP contribution in [0.1, 0.15) is 13.8 Å². The highest BCUT2D eigenvalue weighted by molar-refractivity contribution is 7.18. The first-order valence-electron chi connectivity index (χ1n) is 9.26. The van der Waals surface area contributed by atoms with Crippen LogP contribution in [0.15, 0.2) is 57.7 Å². The molecule has 2 aromatic carbocycles. The van der Waals surface area contributed by atoms with Gasteiger partial charge in [0.1, 0.15) is 11.4 Å². The number of halogens is 1. The Kier molecular flexibility index (Phi) is 5.26. The first kappa shape index (κ1) is 19.1. The fourth-order valence-corrected chi connectivity index (χ4v) is 3.87. The third kappa shape index (κ3) is 3.97. The fraction of sp³-hybridized carbons (Fsp3) is 0.190. The predicted octanol–water partition coefficient (Wildman–Crippen LogP) is 5.04. The van der Waals surface area contributed by atoms with Crippen LogP contribution in [0.5, 0.6) is 0 Å². The Morgan fingerprint density at radius 2 is 1.93 bits per heavy atom. The Labute approximate surface area is 170 Å². The van der Waals surface area contributed by atoms with Gasteiger partial charge < -0.3 is 14.6 Å². The van der Waals surface area contributed by atoms with Crippen LogP contribution in [0, 0.1) is 5.82 Å². The second-order valence-corrected chi connectivity index (χ2v) is 7.37. The zero-order valence-electron chi connectivity index (χ0n) is 16.0. The SMILES string of the molecule is CCN(CC)c1ccc2cc(-c3nnc(Nc4cccc(F)c4)s3)c(=O)oc2c1. The molecule has 4 aromatic rings. The second kappa shape index (κ2) is 8.00. The van der Waals surface area contributed by atoms with Gasteiger partial charge in [0, 0.05) is 35.9 Å². The summed E-state index contributed by atoms with van der Waals surface area (Å²) < 4.78 is 18.9. The summed E-state index contributed by atoms with van der Waals surface area (Å²) in [5.74, 6) is -0.348. The maximum Gasteiger partial charge on any atom is 0.346 e. The van der Waals surface area contributed by atoms with Gasteiger partial charge in [0.05, 0.1) is 5.56 Å². The quantitative estimate of drug-likeness (QED) is 0.449. The van der Waals surface area contributed by atoms with Crippen LogP contribution in [0.2, 0.25) is 0 Å². The molecule has 2 aromatic heterocycles. The Morgan fingerprint density at radius 3 is 2.69 bits per heavy atom. The van der Waals surface area contributed by atoms with Crippen LogP contribution in [0.4, 0.5) is 20.9 Å². The highest BCUT2D eigenvalue weighted by Gasteiger charge is 2.14. The summed E-state index contributed by atoms with van der Waals surface area (Å²) in [6, 6.07) is 13.6. The summed E-state index contributed by atoms with van der Waals surface area (Å²) in [6.45, 7) is 5.90. The number of hydrogen-bond donors (Lipinski definition) is 1. The van der Waals surface area contributed by atoms with E-state index >= 15 is 0 Å². The van der Waals surface area contributed by atoms with Crippen LogP contribution < -0.4 is 15.8 Å². The van der Waals surface area contributed by atoms with Gasteiger partial charge in [-0.2, -0.15) is 0 Å². The molecule has 0 saturated carbocycles. The van der Waals surface area contributed by atoms with Gasteiger partial charge in [0.25, 0.3) is 0 Å². The summed E-state index contributed by atoms with van der Waals surface area (Å²) in [4.78, 5) is 14.7. The van der Waals surface area contributed by atoms with Crippen molar-refractivity contribution in [3.05, 3.63) is 64.8 Å². The van der Waals surface area contributed by atoms with Crippen LogP contribution in [0.3, 0.4) is 0 Å². The van der Waals surface area contributed by atoms with Crippen molar-refractivity contribution in [1.29, 1.82) is 0 Å². The number of aromatic nitrogens is 2. The van der Waals surface area contributed by atoms with Crippen molar-refractivity contribution in [2.45, 2.75) is 13.8 Å². The molecule has 0 aliphatic heterocycles. The average Bonchev–Trinajstić information content (AvgIpc) is 3.16. The molecular formula is C21H19FN4O2S. The van der Waals surface area contributed by atoms with E-state index in [-0.39, 0.29) is 5.82 Å². The van der Waals surface area contributed by atoms with Gasteiger partial charge in [-0.15, -0.1) is 10.2 Å². The lowest BCUT2D eigenvalue weighted by Crippen LogP contribution is -2.21. The predicted molar refractivity (Wildman–Crippen MR) is 115 cm³/mol. The second-order valence-electron chi connectivity index (χ2n) is 6.39. The van der Waals surface area contributed by atoms with E-state index in [4.69, 9.17) is 4.42 Å². The molecule has 0 bridgehead atoms. The molecule has 0 atom stereocenters. The first-order chi connectivity index (χ1) is 14.1. The lowest BCUT2D eigenvalue weighted by Gasteiger charge is -2.20. The largest absolute Gasteiger partial charge is 0.422 e. The topological polar surface area (TPSA) is 71.3 Å². The van der Waals surface area contributed by atoms with E-state index in [1.54, 1.807) is 18.2 Å². The molecule has 148 valence electrons. The van der Waals surface area contributed by atoms with Crippen molar-refractivity contribution in [2.24, 2.45) is 0 Å². The van der Waals surface area contributed by atoms with E-state index in [0.29, 0.717) is 27.0 Å². The van der Waals surface area contributed by atoms with Crippen molar-refractivity contribution in [3.63, 3.8) is 0 Å². The molecule has 29 heavy (non-hydrogen) atoms. The Morgan fingerprint density at radius 1 is 1.10 bits per heavy atom. The Bertz CT molecular complexity index is 1220. The van der Waals surface area contributed by atoms with E-state index in [1.807, 2.05) is 18.2 Å². The van der Waals surface area contributed by atoms with E-state index in [2.05, 4.69) is 34.3 Å². The normalized spacial score (nSPS) is 11.0. The highest BCUT2D eigenvalue weighted by atomic mass is 32.1. The number of hydrogen-bond acceptors (Lipinski definition) is 7. The molecule has 0 saturated heterocycles. The maximum atomic E-state index is 13.3. The lowest BCUT2D eigenvalue weighted by molar-refractivity contribution is 0.563. The van der Waals surface area contributed by atoms with Gasteiger partial charge >= 0.3 is 5.63 Å². The zero-order valence-corrected chi connectivity index (χ0v) is 16.8. The molecule has 0 spiro atoms. The summed E-state index contributed by atoms with van der Waals surface area (Å²) in [7, 11) is 0. The molecule has 2 heterocycles. The number of nitrogens with zero attached hydrogens (tertiary/aromatic N) is 3. The average molecular weight is 410 g/mol. The molecule has 4 rings (SSSR count). The summed E-state index contributed by atoms with van der Waals surface area (Å²) in [5, 5.41) is 12.8. The smallest absolute Gasteiger partial charge is 0.346 e. The van der Waals surface area contributed by atoms with Crippen LogP contribution in [-0.2, 0) is 0 Å². The number of anilines is 3.